The van der Waals surface area contributed by atoms with Crippen LogP contribution in [0.1, 0.15) is 79.9 Å². The van der Waals surface area contributed by atoms with Gasteiger partial charge in [-0.15, -0.1) is 0 Å². The van der Waals surface area contributed by atoms with Gasteiger partial charge in [0.15, 0.2) is 0 Å². The molecule has 4 saturated carbocycles. The summed E-state index contributed by atoms with van der Waals surface area (Å²) in [6.07, 6.45) is 6.39. The van der Waals surface area contributed by atoms with E-state index in [1.807, 2.05) is 19.1 Å². The van der Waals surface area contributed by atoms with Crippen molar-refractivity contribution in [3.05, 3.63) is 20.6 Å². The van der Waals surface area contributed by atoms with E-state index in [1.54, 1.807) is 0 Å². The first-order chi connectivity index (χ1) is 14.6. The number of nitrogens with one attached hydrogen (secondary N) is 1. The van der Waals surface area contributed by atoms with E-state index < -0.39 is 36.1 Å². The zero-order chi connectivity index (χ0) is 23.9. The molecule has 3 nitrogen and oxygen atoms in total. The smallest absolute Gasteiger partial charge is 0.0149 e. The summed E-state index contributed by atoms with van der Waals surface area (Å²) < 4.78 is 49.8. The van der Waals surface area contributed by atoms with Gasteiger partial charge in [-0.1, -0.05) is 0 Å². The average Bonchev–Trinajstić information content (AvgIpc) is 2.82. The summed E-state index contributed by atoms with van der Waals surface area (Å²) in [6, 6.07) is 0. The maximum atomic E-state index is 13.9. The third kappa shape index (κ3) is 3.46. The molecule has 4 bridgehead atoms. The molecule has 4 fully saturated rings. The molecule has 1 N–H and O–H groups in total. The number of hydrogen-bond donors (Lipinski definition) is 1. The number of hydrogen-bond acceptors (Lipinski definition) is 2. The Labute approximate surface area is 187 Å². The summed E-state index contributed by atoms with van der Waals surface area (Å²) in [5.74, 6) is 1.81. The van der Waals surface area contributed by atoms with Crippen LogP contribution < -0.4 is 3.80 Å². The van der Waals surface area contributed by atoms with Crippen LogP contribution in [0.5, 0.6) is 0 Å². The van der Waals surface area contributed by atoms with Crippen LogP contribution in [0.3, 0.4) is 0 Å². The largest absolute Gasteiger partial charge is 0.0149 e. The Morgan fingerprint density at radius 3 is 2.14 bits per heavy atom. The monoisotopic (exact) mass is 449 g/mol. The van der Waals surface area contributed by atoms with Crippen LogP contribution in [0.15, 0.2) is 20.6 Å². The molecule has 0 saturated heterocycles. The van der Waals surface area contributed by atoms with Crippen molar-refractivity contribution in [2.24, 2.45) is 29.1 Å². The average molecular weight is 450 g/mol. The summed E-state index contributed by atoms with van der Waals surface area (Å²) >= 11 is -4.16. The summed E-state index contributed by atoms with van der Waals surface area (Å²) in [4.78, 5) is 13.9. The fourth-order valence-electron chi connectivity index (χ4n) is 7.12. The quantitative estimate of drug-likeness (QED) is 0.639. The molecule has 0 aromatic rings. The van der Waals surface area contributed by atoms with Crippen molar-refractivity contribution in [3.8, 4) is 0 Å². The van der Waals surface area contributed by atoms with Crippen molar-refractivity contribution in [3.63, 3.8) is 0 Å². The molecule has 5 aliphatic rings. The van der Waals surface area contributed by atoms with E-state index in [-0.39, 0.29) is 22.8 Å². The predicted octanol–water partition coefficient (Wildman–Crippen LogP) is 4.20. The molecule has 2 atom stereocenters. The number of carbonyl (C=O) groups excluding carboxylic acids is 1. The van der Waals surface area contributed by atoms with Gasteiger partial charge in [0, 0.05) is 0 Å². The van der Waals surface area contributed by atoms with Gasteiger partial charge < -0.3 is 0 Å². The summed E-state index contributed by atoms with van der Waals surface area (Å²) in [6.45, 7) is 2.38. The fourth-order valence-corrected chi connectivity index (χ4v) is 12.0. The second-order valence-corrected chi connectivity index (χ2v) is 14.7. The van der Waals surface area contributed by atoms with Crippen LogP contribution >= 0.6 is 0 Å². The molecule has 0 aromatic heterocycles. The molecular weight excluding hydrogens is 398 g/mol. The summed E-state index contributed by atoms with van der Waals surface area (Å²) in [5, 5.41) is 1.82. The van der Waals surface area contributed by atoms with Gasteiger partial charge in [0.2, 0.25) is 0 Å². The Bertz CT molecular complexity index is 864. The van der Waals surface area contributed by atoms with Gasteiger partial charge in [-0.05, 0) is 11.0 Å². The molecule has 5 rings (SSSR count). The number of carbonyl (C=O) groups is 1. The zero-order valence-electron chi connectivity index (χ0n) is 22.4. The minimum absolute atomic E-state index is 0. The van der Waals surface area contributed by atoms with E-state index >= 15 is 0 Å². The summed E-state index contributed by atoms with van der Waals surface area (Å²) in [5.41, 5.74) is 2.93. The van der Waals surface area contributed by atoms with E-state index in [2.05, 4.69) is 17.6 Å². The molecule has 0 heterocycles. The normalized spacial score (nSPS) is 42.1. The Hall–Kier alpha value is -0.159. The molecular formula is C23H41NO2SiTi. The first kappa shape index (κ1) is 16.5. The molecule has 0 aliphatic heterocycles. The third-order valence-corrected chi connectivity index (χ3v) is 13.0. The van der Waals surface area contributed by atoms with Crippen LogP contribution in [-0.4, -0.2) is 23.4 Å². The van der Waals surface area contributed by atoms with Gasteiger partial charge in [0.25, 0.3) is 0 Å². The van der Waals surface area contributed by atoms with Crippen molar-refractivity contribution in [1.29, 1.82) is 0 Å². The maximum absolute atomic E-state index is 13.9. The van der Waals surface area contributed by atoms with E-state index in [4.69, 9.17) is 10.2 Å². The Morgan fingerprint density at radius 1 is 1.18 bits per heavy atom. The first-order valence-corrected chi connectivity index (χ1v) is 14.3. The van der Waals surface area contributed by atoms with Crippen molar-refractivity contribution in [1.82, 2.24) is 3.80 Å². The van der Waals surface area contributed by atoms with Crippen molar-refractivity contribution < 1.29 is 32.2 Å². The Morgan fingerprint density at radius 2 is 1.71 bits per heavy atom. The maximum Gasteiger partial charge on any atom is -0.0149 e. The number of allylic oxidation sites excluding steroid dienone is 4. The van der Waals surface area contributed by atoms with Crippen LogP contribution in [0.25, 0.3) is 0 Å². The third-order valence-electron chi connectivity index (χ3n) is 8.28. The van der Waals surface area contributed by atoms with Gasteiger partial charge in [0.05, 0.1) is 0 Å². The van der Waals surface area contributed by atoms with Crippen molar-refractivity contribution in [2.75, 3.05) is 6.56 Å². The van der Waals surface area contributed by atoms with E-state index in [0.717, 1.165) is 34.3 Å². The van der Waals surface area contributed by atoms with Crippen LogP contribution in [0, 0.1) is 29.1 Å². The van der Waals surface area contributed by atoms with Crippen LogP contribution in [0.4, 0.5) is 0 Å². The van der Waals surface area contributed by atoms with Gasteiger partial charge in [-0.25, -0.2) is 0 Å². The van der Waals surface area contributed by atoms with Crippen LogP contribution in [-0.2, 0) is 25.3 Å². The number of rotatable bonds is 5. The molecule has 0 aromatic carbocycles. The molecule has 2 unspecified atom stereocenters. The zero-order valence-corrected chi connectivity index (χ0v) is 18.9. The van der Waals surface area contributed by atoms with E-state index in [1.165, 1.54) is 24.8 Å². The Balaban J connectivity index is 0.00000306. The van der Waals surface area contributed by atoms with Gasteiger partial charge in [0.1, 0.15) is 0 Å². The molecule has 5 aliphatic carbocycles. The summed E-state index contributed by atoms with van der Waals surface area (Å²) in [7, 11) is 0. The standard InChI is InChI=1S/C11H17NO.C9H13.C2H5O.CH3.H4Si.Ti/c12-10(13)11-4-7-1-8(5-11)3-9(2-7)6-11;1-6-5-7(2)9(4)8(6)3;1-2-3;;;/h7-9H,1-6H2,(H2,12,13);6H,1-4H3;2H2,1H3;1H3;1H4;/q;;-1;;;+2/p-1/i;;1T3,2T2;;;. The molecule has 0 radical (unpaired) electrons. The topological polar surface area (TPSA) is 38.3 Å². The molecule has 0 spiro atoms. The second kappa shape index (κ2) is 7.83. The minimum atomic E-state index is -4.16. The molecule has 5 heteroatoms. The SMILES string of the molecule is [3H]C([3H])([3H])C([3H])([3H])[O][Ti]([CH3])([NH]C(=O)C12CC3CC(CC(C3)C1)C2)[C]1=C(C)C(C)=C(C)C1C.[SiH4]. The van der Waals surface area contributed by atoms with Crippen molar-refractivity contribution in [2.45, 2.75) is 78.3 Å². The number of amides is 1. The van der Waals surface area contributed by atoms with Gasteiger partial charge in [-0.2, -0.15) is 0 Å². The van der Waals surface area contributed by atoms with E-state index in [0.29, 0.717) is 17.8 Å². The molecule has 158 valence electrons. The first-order valence-electron chi connectivity index (χ1n) is 13.0. The van der Waals surface area contributed by atoms with Crippen molar-refractivity contribution >= 4 is 16.9 Å². The minimum Gasteiger partial charge on any atom is -0.0149 e. The Kier molecular flexibility index (Phi) is 4.62. The van der Waals surface area contributed by atoms with Gasteiger partial charge in [-0.3, -0.25) is 0 Å². The second-order valence-electron chi connectivity index (χ2n) is 9.96. The molecule has 1 amide bonds. The predicted molar refractivity (Wildman–Crippen MR) is 118 cm³/mol. The van der Waals surface area contributed by atoms with Gasteiger partial charge >= 0.3 is 176 Å². The van der Waals surface area contributed by atoms with E-state index in [9.17, 15) is 4.79 Å². The molecule has 28 heavy (non-hydrogen) atoms. The van der Waals surface area contributed by atoms with Crippen LogP contribution in [0.2, 0.25) is 5.23 Å². The fraction of sp³-hybridized carbons (Fsp3) is 0.783.